The highest BCUT2D eigenvalue weighted by atomic mass is 16.7. The molecule has 1 amide bonds. The Labute approximate surface area is 156 Å². The maximum Gasteiger partial charge on any atom is 0.339 e. The van der Waals surface area contributed by atoms with Crippen LogP contribution in [0.1, 0.15) is 44.6 Å². The maximum absolute atomic E-state index is 12.4. The van der Waals surface area contributed by atoms with E-state index < -0.39 is 11.9 Å². The Bertz CT molecular complexity index is 924. The summed E-state index contributed by atoms with van der Waals surface area (Å²) in [6.45, 7) is 5.53. The molecule has 0 spiro atoms. The molecule has 0 unspecified atom stereocenters. The molecule has 0 saturated heterocycles. The molecule has 27 heavy (non-hydrogen) atoms. The van der Waals surface area contributed by atoms with Crippen molar-refractivity contribution in [2.24, 2.45) is 5.10 Å². The van der Waals surface area contributed by atoms with Gasteiger partial charge < -0.3 is 14.2 Å². The van der Waals surface area contributed by atoms with E-state index in [1.54, 1.807) is 39.0 Å². The lowest BCUT2D eigenvalue weighted by Crippen LogP contribution is -2.21. The van der Waals surface area contributed by atoms with Gasteiger partial charge in [-0.3, -0.25) is 9.78 Å². The second-order valence-corrected chi connectivity index (χ2v) is 5.79. The van der Waals surface area contributed by atoms with Gasteiger partial charge in [-0.25, -0.2) is 10.2 Å². The van der Waals surface area contributed by atoms with Gasteiger partial charge in [-0.15, -0.1) is 0 Å². The molecule has 1 aromatic heterocycles. The molecule has 1 aliphatic rings. The van der Waals surface area contributed by atoms with Crippen molar-refractivity contribution in [2.45, 2.75) is 20.8 Å². The van der Waals surface area contributed by atoms with Gasteiger partial charge in [0.15, 0.2) is 11.5 Å². The fraction of sp³-hybridized carbons (Fsp3) is 0.263. The summed E-state index contributed by atoms with van der Waals surface area (Å²) >= 11 is 0. The van der Waals surface area contributed by atoms with Crippen LogP contribution in [0.3, 0.4) is 0 Å². The monoisotopic (exact) mass is 369 g/mol. The van der Waals surface area contributed by atoms with Crippen LogP contribution < -0.4 is 14.9 Å². The van der Waals surface area contributed by atoms with E-state index in [9.17, 15) is 9.59 Å². The van der Waals surface area contributed by atoms with Gasteiger partial charge in [0.25, 0.3) is 5.91 Å². The van der Waals surface area contributed by atoms with Crippen molar-refractivity contribution in [1.82, 2.24) is 10.4 Å². The van der Waals surface area contributed by atoms with Crippen LogP contribution in [-0.2, 0) is 4.74 Å². The van der Waals surface area contributed by atoms with Crippen molar-refractivity contribution < 1.29 is 23.8 Å². The van der Waals surface area contributed by atoms with Crippen molar-refractivity contribution >= 4 is 18.1 Å². The summed E-state index contributed by atoms with van der Waals surface area (Å²) in [6, 6.07) is 6.79. The van der Waals surface area contributed by atoms with Crippen LogP contribution in [0, 0.1) is 13.8 Å². The molecule has 1 N–H and O–H groups in total. The third kappa shape index (κ3) is 4.05. The molecule has 0 fully saturated rings. The lowest BCUT2D eigenvalue weighted by atomic mass is 10.1. The van der Waals surface area contributed by atoms with Gasteiger partial charge in [0.1, 0.15) is 0 Å². The Balaban J connectivity index is 1.74. The van der Waals surface area contributed by atoms with Gasteiger partial charge in [-0.2, -0.15) is 5.10 Å². The number of esters is 1. The lowest BCUT2D eigenvalue weighted by molar-refractivity contribution is 0.0525. The van der Waals surface area contributed by atoms with Gasteiger partial charge in [-0.1, -0.05) is 0 Å². The summed E-state index contributed by atoms with van der Waals surface area (Å²) in [4.78, 5) is 28.7. The molecular formula is C19H19N3O5. The molecule has 0 bridgehead atoms. The third-order valence-corrected chi connectivity index (χ3v) is 3.92. The van der Waals surface area contributed by atoms with E-state index in [0.717, 1.165) is 5.56 Å². The highest BCUT2D eigenvalue weighted by Gasteiger charge is 2.18. The number of hydrogen-bond donors (Lipinski definition) is 1. The predicted molar refractivity (Wildman–Crippen MR) is 97.3 cm³/mol. The number of carbonyl (C=O) groups excluding carboxylic acids is 2. The minimum absolute atomic E-state index is 0.190. The van der Waals surface area contributed by atoms with E-state index in [-0.39, 0.29) is 24.5 Å². The van der Waals surface area contributed by atoms with Crippen LogP contribution in [0.2, 0.25) is 0 Å². The standard InChI is InChI=1S/C19H19N3O5/c1-4-25-19(24)15-8-14(11(2)21-12(15)3)18(23)22-20-9-13-5-6-16-17(7-13)27-10-26-16/h5-9H,4,10H2,1-3H3,(H,22,23)/b20-9+. The highest BCUT2D eigenvalue weighted by molar-refractivity contribution is 5.99. The average Bonchev–Trinajstić information content (AvgIpc) is 3.09. The van der Waals surface area contributed by atoms with Crippen molar-refractivity contribution in [1.29, 1.82) is 0 Å². The van der Waals surface area contributed by atoms with Gasteiger partial charge >= 0.3 is 5.97 Å². The molecule has 8 heteroatoms. The smallest absolute Gasteiger partial charge is 0.339 e. The largest absolute Gasteiger partial charge is 0.462 e. The van der Waals surface area contributed by atoms with Crippen LogP contribution in [-0.4, -0.2) is 36.5 Å². The third-order valence-electron chi connectivity index (χ3n) is 3.92. The number of hydrazone groups is 1. The second kappa shape index (κ2) is 7.86. The average molecular weight is 369 g/mol. The lowest BCUT2D eigenvalue weighted by Gasteiger charge is -2.09. The first kappa shape index (κ1) is 18.4. The summed E-state index contributed by atoms with van der Waals surface area (Å²) in [5.41, 5.74) is 4.70. The number of rotatable bonds is 5. The topological polar surface area (TPSA) is 99.1 Å². The quantitative estimate of drug-likeness (QED) is 0.493. The summed E-state index contributed by atoms with van der Waals surface area (Å²) in [7, 11) is 0. The normalized spacial score (nSPS) is 12.3. The molecule has 1 aliphatic heterocycles. The number of amides is 1. The molecular weight excluding hydrogens is 350 g/mol. The first-order valence-electron chi connectivity index (χ1n) is 8.38. The number of nitrogens with zero attached hydrogens (tertiary/aromatic N) is 2. The van der Waals surface area contributed by atoms with Crippen LogP contribution in [0.25, 0.3) is 0 Å². The molecule has 0 aliphatic carbocycles. The number of carbonyl (C=O) groups is 2. The van der Waals surface area contributed by atoms with E-state index >= 15 is 0 Å². The van der Waals surface area contributed by atoms with Gasteiger partial charge in [0.2, 0.25) is 6.79 Å². The minimum atomic E-state index is -0.514. The van der Waals surface area contributed by atoms with Crippen molar-refractivity contribution in [3.63, 3.8) is 0 Å². The molecule has 0 atom stereocenters. The van der Waals surface area contributed by atoms with Crippen molar-refractivity contribution in [3.8, 4) is 11.5 Å². The number of pyridine rings is 1. The number of fused-ring (bicyclic) bond motifs is 1. The predicted octanol–water partition coefficient (Wildman–Crippen LogP) is 2.37. The molecule has 8 nitrogen and oxygen atoms in total. The minimum Gasteiger partial charge on any atom is -0.462 e. The zero-order chi connectivity index (χ0) is 19.4. The molecule has 0 radical (unpaired) electrons. The summed E-state index contributed by atoms with van der Waals surface area (Å²) in [5, 5.41) is 3.95. The van der Waals surface area contributed by atoms with Gasteiger partial charge in [-0.05, 0) is 50.6 Å². The second-order valence-electron chi connectivity index (χ2n) is 5.79. The number of nitrogens with one attached hydrogen (secondary N) is 1. The molecule has 1 aromatic carbocycles. The van der Waals surface area contributed by atoms with E-state index in [4.69, 9.17) is 14.2 Å². The Kier molecular flexibility index (Phi) is 5.35. The van der Waals surface area contributed by atoms with Crippen LogP contribution in [0.5, 0.6) is 11.5 Å². The molecule has 140 valence electrons. The zero-order valence-electron chi connectivity index (χ0n) is 15.2. The fourth-order valence-electron chi connectivity index (χ4n) is 2.59. The number of ether oxygens (including phenoxy) is 3. The van der Waals surface area contributed by atoms with Crippen LogP contribution in [0.4, 0.5) is 0 Å². The van der Waals surface area contributed by atoms with E-state index in [2.05, 4.69) is 15.5 Å². The first-order valence-corrected chi connectivity index (χ1v) is 8.38. The first-order chi connectivity index (χ1) is 13.0. The number of aryl methyl sites for hydroxylation is 2. The fourth-order valence-corrected chi connectivity index (χ4v) is 2.59. The molecule has 0 saturated carbocycles. The Morgan fingerprint density at radius 2 is 1.93 bits per heavy atom. The number of hydrogen-bond acceptors (Lipinski definition) is 7. The van der Waals surface area contributed by atoms with Gasteiger partial charge in [0.05, 0.1) is 35.3 Å². The Hall–Kier alpha value is -3.42. The molecule has 2 heterocycles. The summed E-state index contributed by atoms with van der Waals surface area (Å²) in [6.07, 6.45) is 1.49. The van der Waals surface area contributed by atoms with Crippen LogP contribution in [0.15, 0.2) is 29.4 Å². The van der Waals surface area contributed by atoms with Crippen LogP contribution >= 0.6 is 0 Å². The van der Waals surface area contributed by atoms with Crippen molar-refractivity contribution in [3.05, 3.63) is 52.3 Å². The number of aromatic nitrogens is 1. The van der Waals surface area contributed by atoms with E-state index in [0.29, 0.717) is 22.9 Å². The summed E-state index contributed by atoms with van der Waals surface area (Å²) < 4.78 is 15.5. The zero-order valence-corrected chi connectivity index (χ0v) is 15.2. The van der Waals surface area contributed by atoms with Crippen molar-refractivity contribution in [2.75, 3.05) is 13.4 Å². The van der Waals surface area contributed by atoms with E-state index in [1.165, 1.54) is 12.3 Å². The Morgan fingerprint density at radius 3 is 2.70 bits per heavy atom. The SMILES string of the molecule is CCOC(=O)c1cc(C(=O)N/N=C/c2ccc3c(c2)OCO3)c(C)nc1C. The summed E-state index contributed by atoms with van der Waals surface area (Å²) in [5.74, 6) is 0.315. The Morgan fingerprint density at radius 1 is 1.19 bits per heavy atom. The maximum atomic E-state index is 12.4. The molecule has 2 aromatic rings. The van der Waals surface area contributed by atoms with Gasteiger partial charge in [0, 0.05) is 0 Å². The number of benzene rings is 1. The highest BCUT2D eigenvalue weighted by Crippen LogP contribution is 2.31. The molecule has 3 rings (SSSR count). The van der Waals surface area contributed by atoms with E-state index in [1.807, 2.05) is 0 Å².